The smallest absolute Gasteiger partial charge is 0.217 e. The van der Waals surface area contributed by atoms with E-state index in [1.165, 1.54) is 0 Å². The van der Waals surface area contributed by atoms with E-state index in [2.05, 4.69) is 19.9 Å². The zero-order chi connectivity index (χ0) is 15.2. The lowest BCUT2D eigenvalue weighted by Gasteiger charge is -2.37. The maximum absolute atomic E-state index is 8.75. The van der Waals surface area contributed by atoms with Gasteiger partial charge in [0.2, 0.25) is 5.88 Å². The van der Waals surface area contributed by atoms with Crippen LogP contribution in [0.4, 0.5) is 0 Å². The maximum Gasteiger partial charge on any atom is 0.217 e. The van der Waals surface area contributed by atoms with E-state index < -0.39 is 0 Å². The number of ether oxygens (including phenoxy) is 1. The van der Waals surface area contributed by atoms with E-state index in [4.69, 9.17) is 15.7 Å². The monoisotopic (exact) mass is 293 g/mol. The summed E-state index contributed by atoms with van der Waals surface area (Å²) in [5.74, 6) is 0.947. The van der Waals surface area contributed by atoms with Crippen LogP contribution in [0.5, 0.6) is 5.88 Å². The minimum atomic E-state index is -0.0370. The van der Waals surface area contributed by atoms with E-state index in [1.54, 1.807) is 13.3 Å². The van der Waals surface area contributed by atoms with E-state index in [0.717, 1.165) is 38.3 Å². The number of hydrogen-bond acceptors (Lipinski definition) is 6. The van der Waals surface area contributed by atoms with Crippen LogP contribution in [0.3, 0.4) is 0 Å². The highest BCUT2D eigenvalue weighted by Crippen LogP contribution is 2.17. The fraction of sp³-hybridized carbons (Fsp3) is 0.571. The van der Waals surface area contributed by atoms with Crippen molar-refractivity contribution >= 4 is 5.84 Å². The largest absolute Gasteiger partial charge is 0.481 e. The van der Waals surface area contributed by atoms with Crippen LogP contribution in [0.1, 0.15) is 12.5 Å². The van der Waals surface area contributed by atoms with Gasteiger partial charge in [-0.05, 0) is 13.0 Å². The maximum atomic E-state index is 8.75. The van der Waals surface area contributed by atoms with E-state index in [0.29, 0.717) is 5.88 Å². The summed E-state index contributed by atoms with van der Waals surface area (Å²) in [7, 11) is 1.64. The lowest BCUT2D eigenvalue weighted by Crippen LogP contribution is -2.52. The Bertz CT molecular complexity index is 486. The molecule has 21 heavy (non-hydrogen) atoms. The Kier molecular flexibility index (Phi) is 5.35. The average molecular weight is 293 g/mol. The first-order chi connectivity index (χ1) is 10.2. The van der Waals surface area contributed by atoms with Gasteiger partial charge in [0, 0.05) is 44.5 Å². The molecule has 0 radical (unpaired) electrons. The third-order valence-electron chi connectivity index (χ3n) is 3.94. The molecule has 7 heteroatoms. The number of piperazine rings is 1. The number of oxime groups is 1. The molecule has 1 atom stereocenters. The molecule has 0 amide bonds. The fourth-order valence-corrected chi connectivity index (χ4v) is 2.55. The van der Waals surface area contributed by atoms with Crippen LogP contribution in [-0.4, -0.2) is 65.2 Å². The van der Waals surface area contributed by atoms with E-state index in [-0.39, 0.29) is 11.9 Å². The number of aromatic nitrogens is 1. The van der Waals surface area contributed by atoms with Gasteiger partial charge in [0.15, 0.2) is 5.84 Å². The molecular formula is C14H23N5O2. The molecule has 2 rings (SSSR count). The van der Waals surface area contributed by atoms with Crippen LogP contribution >= 0.6 is 0 Å². The van der Waals surface area contributed by atoms with Crippen molar-refractivity contribution in [2.45, 2.75) is 19.5 Å². The fourth-order valence-electron chi connectivity index (χ4n) is 2.55. The number of amidine groups is 1. The van der Waals surface area contributed by atoms with Crippen molar-refractivity contribution in [2.75, 3.05) is 33.3 Å². The summed E-state index contributed by atoms with van der Waals surface area (Å²) in [5.41, 5.74) is 6.76. The zero-order valence-corrected chi connectivity index (χ0v) is 12.6. The molecule has 1 aromatic rings. The quantitative estimate of drug-likeness (QED) is 0.352. The number of rotatable bonds is 5. The van der Waals surface area contributed by atoms with Crippen LogP contribution in [0.25, 0.3) is 0 Å². The van der Waals surface area contributed by atoms with Crippen molar-refractivity contribution in [3.63, 3.8) is 0 Å². The van der Waals surface area contributed by atoms with Gasteiger partial charge in [0.1, 0.15) is 0 Å². The third-order valence-corrected chi connectivity index (χ3v) is 3.94. The highest BCUT2D eigenvalue weighted by Gasteiger charge is 2.23. The Labute approximate surface area is 125 Å². The summed E-state index contributed by atoms with van der Waals surface area (Å²) in [6.45, 7) is 6.42. The van der Waals surface area contributed by atoms with Crippen molar-refractivity contribution in [3.8, 4) is 5.88 Å². The SMILES string of the molecule is COc1ncccc1CN1CCN(C(C)/C(N)=N/O)CC1. The second-order valence-electron chi connectivity index (χ2n) is 5.18. The molecule has 1 aromatic heterocycles. The van der Waals surface area contributed by atoms with Gasteiger partial charge in [-0.3, -0.25) is 9.80 Å². The molecule has 1 unspecified atom stereocenters. The minimum Gasteiger partial charge on any atom is -0.481 e. The Morgan fingerprint density at radius 1 is 1.48 bits per heavy atom. The number of pyridine rings is 1. The zero-order valence-electron chi connectivity index (χ0n) is 12.6. The van der Waals surface area contributed by atoms with Crippen LogP contribution in [0.2, 0.25) is 0 Å². The number of hydrogen-bond donors (Lipinski definition) is 2. The highest BCUT2D eigenvalue weighted by molar-refractivity contribution is 5.84. The summed E-state index contributed by atoms with van der Waals surface area (Å²) in [6.07, 6.45) is 1.74. The normalized spacial score (nSPS) is 19.4. The van der Waals surface area contributed by atoms with Gasteiger partial charge in [-0.15, -0.1) is 0 Å². The van der Waals surface area contributed by atoms with Gasteiger partial charge >= 0.3 is 0 Å². The summed E-state index contributed by atoms with van der Waals surface area (Å²) in [6, 6.07) is 3.93. The Hall–Kier alpha value is -1.86. The van der Waals surface area contributed by atoms with Gasteiger partial charge < -0.3 is 15.7 Å². The number of nitrogens with zero attached hydrogens (tertiary/aromatic N) is 4. The summed E-state index contributed by atoms with van der Waals surface area (Å²) in [4.78, 5) is 8.79. The first-order valence-corrected chi connectivity index (χ1v) is 7.07. The van der Waals surface area contributed by atoms with Crippen molar-refractivity contribution in [3.05, 3.63) is 23.9 Å². The molecule has 1 saturated heterocycles. The summed E-state index contributed by atoms with van der Waals surface area (Å²) < 4.78 is 5.28. The Balaban J connectivity index is 1.90. The number of nitrogens with two attached hydrogens (primary N) is 1. The molecular weight excluding hydrogens is 270 g/mol. The van der Waals surface area contributed by atoms with Crippen LogP contribution in [0.15, 0.2) is 23.5 Å². The van der Waals surface area contributed by atoms with Crippen molar-refractivity contribution in [1.29, 1.82) is 0 Å². The molecule has 0 aromatic carbocycles. The van der Waals surface area contributed by atoms with Gasteiger partial charge in [0.25, 0.3) is 0 Å². The van der Waals surface area contributed by atoms with Crippen molar-refractivity contribution in [2.24, 2.45) is 10.9 Å². The molecule has 3 N–H and O–H groups in total. The standard InChI is InChI=1S/C14H23N5O2/c1-11(13(15)17-20)19-8-6-18(7-9-19)10-12-4-3-5-16-14(12)21-2/h3-5,11,20H,6-10H2,1-2H3,(H2,15,17). The van der Waals surface area contributed by atoms with Gasteiger partial charge in [0.05, 0.1) is 13.2 Å². The van der Waals surface area contributed by atoms with Gasteiger partial charge in [-0.25, -0.2) is 4.98 Å². The molecule has 0 bridgehead atoms. The Morgan fingerprint density at radius 3 is 2.81 bits per heavy atom. The minimum absolute atomic E-state index is 0.0370. The summed E-state index contributed by atoms with van der Waals surface area (Å²) in [5, 5.41) is 11.8. The average Bonchev–Trinajstić information content (AvgIpc) is 2.54. The second-order valence-corrected chi connectivity index (χ2v) is 5.18. The van der Waals surface area contributed by atoms with Crippen molar-refractivity contribution < 1.29 is 9.94 Å². The first-order valence-electron chi connectivity index (χ1n) is 7.07. The third kappa shape index (κ3) is 3.83. The topological polar surface area (TPSA) is 87.2 Å². The molecule has 0 saturated carbocycles. The van der Waals surface area contributed by atoms with Gasteiger partial charge in [-0.2, -0.15) is 0 Å². The first kappa shape index (κ1) is 15.5. The molecule has 1 aliphatic rings. The highest BCUT2D eigenvalue weighted by atomic mass is 16.5. The summed E-state index contributed by atoms with van der Waals surface area (Å²) >= 11 is 0. The van der Waals surface area contributed by atoms with Crippen molar-refractivity contribution in [1.82, 2.24) is 14.8 Å². The lowest BCUT2D eigenvalue weighted by atomic mass is 10.2. The molecule has 1 fully saturated rings. The number of methoxy groups -OCH3 is 1. The van der Waals surface area contributed by atoms with E-state index in [1.807, 2.05) is 19.1 Å². The lowest BCUT2D eigenvalue weighted by molar-refractivity contribution is 0.115. The molecule has 0 aliphatic carbocycles. The van der Waals surface area contributed by atoms with Gasteiger partial charge in [-0.1, -0.05) is 11.2 Å². The molecule has 1 aliphatic heterocycles. The van der Waals surface area contributed by atoms with E-state index >= 15 is 0 Å². The van der Waals surface area contributed by atoms with Crippen LogP contribution in [-0.2, 0) is 6.54 Å². The predicted molar refractivity (Wildman–Crippen MR) is 80.5 cm³/mol. The Morgan fingerprint density at radius 2 is 2.19 bits per heavy atom. The predicted octanol–water partition coefficient (Wildman–Crippen LogP) is 0.343. The van der Waals surface area contributed by atoms with Crippen LogP contribution in [0, 0.1) is 0 Å². The van der Waals surface area contributed by atoms with E-state index in [9.17, 15) is 0 Å². The molecule has 7 nitrogen and oxygen atoms in total. The molecule has 0 spiro atoms. The second kappa shape index (κ2) is 7.24. The molecule has 116 valence electrons. The molecule has 2 heterocycles. The van der Waals surface area contributed by atoms with Crippen LogP contribution < -0.4 is 10.5 Å².